The zero-order valence-electron chi connectivity index (χ0n) is 10.6. The van der Waals surface area contributed by atoms with E-state index >= 15 is 0 Å². The summed E-state index contributed by atoms with van der Waals surface area (Å²) in [5.74, 6) is -1.22. The molecule has 1 aromatic heterocycles. The number of aliphatic carboxylic acids is 1. The van der Waals surface area contributed by atoms with E-state index in [1.807, 2.05) is 0 Å². The number of carbonyl (C=O) groups excluding carboxylic acids is 1. The van der Waals surface area contributed by atoms with Crippen molar-refractivity contribution in [3.8, 4) is 11.4 Å². The number of nitrogens with zero attached hydrogens (tertiary/aromatic N) is 4. The van der Waals surface area contributed by atoms with Crippen LogP contribution in [0.2, 0.25) is 0 Å². The van der Waals surface area contributed by atoms with Crippen LogP contribution in [0.15, 0.2) is 18.2 Å². The number of aryl methyl sites for hydroxylation is 1. The van der Waals surface area contributed by atoms with Crippen molar-refractivity contribution < 1.29 is 14.7 Å². The molecule has 2 aromatic rings. The molecule has 1 heterocycles. The quantitative estimate of drug-likeness (QED) is 0.626. The average Bonchev–Trinajstić information content (AvgIpc) is 2.82. The number of carboxylic acids is 1. The monoisotopic (exact) mass is 276 g/mol. The average molecular weight is 276 g/mol. The topological polar surface area (TPSA) is 136 Å². The predicted molar refractivity (Wildman–Crippen MR) is 68.6 cm³/mol. The summed E-state index contributed by atoms with van der Waals surface area (Å²) in [4.78, 5) is 22.2. The number of anilines is 1. The van der Waals surface area contributed by atoms with Crippen molar-refractivity contribution >= 4 is 17.6 Å². The van der Waals surface area contributed by atoms with E-state index in [9.17, 15) is 9.59 Å². The molecule has 20 heavy (non-hydrogen) atoms. The molecule has 0 aliphatic heterocycles. The standard InChI is InChI=1S/C11H12N6O3/c1-17-10(14-15-16-17)7-4-6(2-3-8(7)12)11(20)13-5-9(18)19/h2-4H,5,12H2,1H3,(H,13,20)(H,18,19). The lowest BCUT2D eigenvalue weighted by Gasteiger charge is -2.07. The summed E-state index contributed by atoms with van der Waals surface area (Å²) in [5.41, 5.74) is 7.03. The fraction of sp³-hybridized carbons (Fsp3) is 0.182. The van der Waals surface area contributed by atoms with Crippen LogP contribution in [-0.4, -0.2) is 43.7 Å². The maximum absolute atomic E-state index is 11.8. The Labute approximate surface area is 113 Å². The van der Waals surface area contributed by atoms with E-state index < -0.39 is 18.4 Å². The summed E-state index contributed by atoms with van der Waals surface area (Å²) in [5, 5.41) is 21.8. The zero-order valence-corrected chi connectivity index (χ0v) is 10.6. The molecule has 0 fully saturated rings. The molecule has 0 radical (unpaired) electrons. The smallest absolute Gasteiger partial charge is 0.322 e. The Balaban J connectivity index is 2.32. The Morgan fingerprint density at radius 1 is 1.45 bits per heavy atom. The highest BCUT2D eigenvalue weighted by Gasteiger charge is 2.14. The molecule has 0 spiro atoms. The van der Waals surface area contributed by atoms with E-state index in [0.717, 1.165) is 0 Å². The van der Waals surface area contributed by atoms with Gasteiger partial charge in [0.1, 0.15) is 6.54 Å². The van der Waals surface area contributed by atoms with Gasteiger partial charge in [-0.2, -0.15) is 0 Å². The fourth-order valence-electron chi connectivity index (χ4n) is 1.61. The van der Waals surface area contributed by atoms with Gasteiger partial charge >= 0.3 is 5.97 Å². The summed E-state index contributed by atoms with van der Waals surface area (Å²) < 4.78 is 1.42. The summed E-state index contributed by atoms with van der Waals surface area (Å²) in [6.07, 6.45) is 0. The second-order valence-corrected chi connectivity index (χ2v) is 4.00. The lowest BCUT2D eigenvalue weighted by atomic mass is 10.1. The third kappa shape index (κ3) is 2.71. The van der Waals surface area contributed by atoms with Crippen LogP contribution in [0.3, 0.4) is 0 Å². The van der Waals surface area contributed by atoms with E-state index in [-0.39, 0.29) is 5.56 Å². The van der Waals surface area contributed by atoms with Gasteiger partial charge in [0.25, 0.3) is 5.91 Å². The van der Waals surface area contributed by atoms with Gasteiger partial charge in [0.15, 0.2) is 5.82 Å². The molecule has 0 atom stereocenters. The number of tetrazole rings is 1. The minimum atomic E-state index is -1.12. The third-order valence-corrected chi connectivity index (χ3v) is 2.58. The lowest BCUT2D eigenvalue weighted by molar-refractivity contribution is -0.135. The zero-order chi connectivity index (χ0) is 14.7. The van der Waals surface area contributed by atoms with Gasteiger partial charge in [-0.1, -0.05) is 0 Å². The van der Waals surface area contributed by atoms with Crippen LogP contribution < -0.4 is 11.1 Å². The first-order valence-corrected chi connectivity index (χ1v) is 5.61. The second-order valence-electron chi connectivity index (χ2n) is 4.00. The van der Waals surface area contributed by atoms with Crippen molar-refractivity contribution in [3.63, 3.8) is 0 Å². The van der Waals surface area contributed by atoms with Crippen molar-refractivity contribution in [2.75, 3.05) is 12.3 Å². The molecule has 2 rings (SSSR count). The van der Waals surface area contributed by atoms with Gasteiger partial charge in [-0.15, -0.1) is 5.10 Å². The van der Waals surface area contributed by atoms with E-state index in [2.05, 4.69) is 20.8 Å². The predicted octanol–water partition coefficient (Wildman–Crippen LogP) is -0.726. The Bertz CT molecular complexity index is 666. The number of carbonyl (C=O) groups is 2. The van der Waals surface area contributed by atoms with Gasteiger partial charge in [-0.05, 0) is 28.6 Å². The molecular formula is C11H12N6O3. The molecule has 0 aliphatic carbocycles. The van der Waals surface area contributed by atoms with Crippen molar-refractivity contribution in [3.05, 3.63) is 23.8 Å². The first-order chi connectivity index (χ1) is 9.49. The number of nitrogens with one attached hydrogen (secondary N) is 1. The second kappa shape index (κ2) is 5.34. The number of carboxylic acid groups (broad SMARTS) is 1. The minimum absolute atomic E-state index is 0.276. The third-order valence-electron chi connectivity index (χ3n) is 2.58. The summed E-state index contributed by atoms with van der Waals surface area (Å²) in [7, 11) is 1.64. The SMILES string of the molecule is Cn1nnnc1-c1cc(C(=O)NCC(=O)O)ccc1N. The van der Waals surface area contributed by atoms with Crippen molar-refractivity contribution in [2.24, 2.45) is 7.05 Å². The van der Waals surface area contributed by atoms with Gasteiger partial charge in [-0.3, -0.25) is 9.59 Å². The highest BCUT2D eigenvalue weighted by atomic mass is 16.4. The molecule has 1 aromatic carbocycles. The van der Waals surface area contributed by atoms with Gasteiger partial charge in [0.2, 0.25) is 0 Å². The van der Waals surface area contributed by atoms with Crippen LogP contribution in [-0.2, 0) is 11.8 Å². The molecule has 0 saturated carbocycles. The van der Waals surface area contributed by atoms with Gasteiger partial charge in [0, 0.05) is 23.9 Å². The van der Waals surface area contributed by atoms with Gasteiger partial charge in [-0.25, -0.2) is 4.68 Å². The first kappa shape index (κ1) is 13.5. The first-order valence-electron chi connectivity index (χ1n) is 5.61. The summed E-state index contributed by atoms with van der Waals surface area (Å²) in [6.45, 7) is -0.454. The highest BCUT2D eigenvalue weighted by Crippen LogP contribution is 2.24. The van der Waals surface area contributed by atoms with Crippen molar-refractivity contribution in [1.29, 1.82) is 0 Å². The highest BCUT2D eigenvalue weighted by molar-refractivity contribution is 5.97. The number of nitrogen functional groups attached to an aromatic ring is 1. The van der Waals surface area contributed by atoms with E-state index in [0.29, 0.717) is 17.1 Å². The molecule has 9 nitrogen and oxygen atoms in total. The van der Waals surface area contributed by atoms with Gasteiger partial charge < -0.3 is 16.2 Å². The minimum Gasteiger partial charge on any atom is -0.480 e. The number of hydrogen-bond acceptors (Lipinski definition) is 6. The van der Waals surface area contributed by atoms with Crippen LogP contribution in [0.25, 0.3) is 11.4 Å². The Hall–Kier alpha value is -2.97. The largest absolute Gasteiger partial charge is 0.480 e. The molecule has 0 aliphatic rings. The molecule has 0 saturated heterocycles. The number of rotatable bonds is 4. The molecule has 1 amide bonds. The van der Waals surface area contributed by atoms with Crippen LogP contribution in [0, 0.1) is 0 Å². The molecule has 0 unspecified atom stereocenters. The number of nitrogens with two attached hydrogens (primary N) is 1. The number of hydrogen-bond donors (Lipinski definition) is 3. The summed E-state index contributed by atoms with van der Waals surface area (Å²) >= 11 is 0. The van der Waals surface area contributed by atoms with E-state index in [1.54, 1.807) is 13.1 Å². The Morgan fingerprint density at radius 2 is 2.20 bits per heavy atom. The van der Waals surface area contributed by atoms with Gasteiger partial charge in [0.05, 0.1) is 0 Å². The molecule has 4 N–H and O–H groups in total. The molecule has 9 heteroatoms. The maximum Gasteiger partial charge on any atom is 0.322 e. The van der Waals surface area contributed by atoms with Crippen molar-refractivity contribution in [2.45, 2.75) is 0 Å². The maximum atomic E-state index is 11.8. The molecule has 104 valence electrons. The molecular weight excluding hydrogens is 264 g/mol. The van der Waals surface area contributed by atoms with E-state index in [4.69, 9.17) is 10.8 Å². The summed E-state index contributed by atoms with van der Waals surface area (Å²) in [6, 6.07) is 4.55. The van der Waals surface area contributed by atoms with Crippen LogP contribution in [0.4, 0.5) is 5.69 Å². The number of aromatic nitrogens is 4. The number of amides is 1. The van der Waals surface area contributed by atoms with Crippen LogP contribution in [0.1, 0.15) is 10.4 Å². The van der Waals surface area contributed by atoms with Crippen molar-refractivity contribution in [1.82, 2.24) is 25.5 Å². The Kier molecular flexibility index (Phi) is 3.60. The normalized spacial score (nSPS) is 10.2. The Morgan fingerprint density at radius 3 is 2.80 bits per heavy atom. The van der Waals surface area contributed by atoms with Crippen LogP contribution in [0.5, 0.6) is 0 Å². The van der Waals surface area contributed by atoms with E-state index in [1.165, 1.54) is 16.8 Å². The van der Waals surface area contributed by atoms with Crippen LogP contribution >= 0.6 is 0 Å². The fourth-order valence-corrected chi connectivity index (χ4v) is 1.61. The molecule has 0 bridgehead atoms. The number of benzene rings is 1. The lowest BCUT2D eigenvalue weighted by Crippen LogP contribution is -2.29.